The van der Waals surface area contributed by atoms with Gasteiger partial charge in [-0.3, -0.25) is 0 Å². The molecule has 23 heavy (non-hydrogen) atoms. The molecule has 9 nitrogen and oxygen atoms in total. The molecule has 0 bridgehead atoms. The molecule has 4 aromatic heterocycles. The smallest absolute Gasteiger partial charge is 0.358 e. The highest BCUT2D eigenvalue weighted by Gasteiger charge is 2.16. The Balaban J connectivity index is 1.79. The molecule has 0 aliphatic rings. The Morgan fingerprint density at radius 3 is 2.91 bits per heavy atom. The summed E-state index contributed by atoms with van der Waals surface area (Å²) in [6, 6.07) is 1.35. The van der Waals surface area contributed by atoms with Crippen molar-refractivity contribution in [2.24, 2.45) is 0 Å². The van der Waals surface area contributed by atoms with Crippen molar-refractivity contribution in [3.05, 3.63) is 45.0 Å². The summed E-state index contributed by atoms with van der Waals surface area (Å²) in [5.41, 5.74) is 1.89. The van der Waals surface area contributed by atoms with Crippen molar-refractivity contribution in [1.29, 1.82) is 0 Å². The highest BCUT2D eigenvalue weighted by Crippen LogP contribution is 2.30. The maximum Gasteiger partial charge on any atom is 0.389 e. The van der Waals surface area contributed by atoms with Crippen LogP contribution in [0.15, 0.2) is 18.6 Å². The minimum Gasteiger partial charge on any atom is -0.358 e. The van der Waals surface area contributed by atoms with E-state index < -0.39 is 4.92 Å². The van der Waals surface area contributed by atoms with Gasteiger partial charge in [-0.25, -0.2) is 14.5 Å². The Kier molecular flexibility index (Phi) is 2.88. The molecule has 0 spiro atoms. The van der Waals surface area contributed by atoms with Crippen LogP contribution in [0.5, 0.6) is 0 Å². The van der Waals surface area contributed by atoms with Gasteiger partial charge in [0, 0.05) is 4.88 Å². The van der Waals surface area contributed by atoms with Crippen molar-refractivity contribution in [3.63, 3.8) is 0 Å². The Bertz CT molecular complexity index is 1060. The number of hydrogen-bond donors (Lipinski definition) is 0. The molecule has 10 heteroatoms. The summed E-state index contributed by atoms with van der Waals surface area (Å²) in [6.45, 7) is 4.36. The second-order valence-electron chi connectivity index (χ2n) is 5.13. The van der Waals surface area contributed by atoms with Crippen LogP contribution in [0.1, 0.15) is 16.3 Å². The molecule has 0 atom stereocenters. The standard InChI is InChI=1S/C13H11N7O2S/c1-7-8(2)23-13-11(7)12-15-9(16-19(12)6-14-13)5-18-4-3-10(17-18)20(21)22/h3-4,6H,5H2,1-2H3. The van der Waals surface area contributed by atoms with Crippen LogP contribution in [0, 0.1) is 24.0 Å². The Morgan fingerprint density at radius 2 is 2.17 bits per heavy atom. The van der Waals surface area contributed by atoms with Gasteiger partial charge in [0.15, 0.2) is 11.5 Å². The van der Waals surface area contributed by atoms with Crippen molar-refractivity contribution in [1.82, 2.24) is 29.4 Å². The highest BCUT2D eigenvalue weighted by atomic mass is 32.1. The topological polar surface area (TPSA) is 104 Å². The number of rotatable bonds is 3. The lowest BCUT2D eigenvalue weighted by Gasteiger charge is -1.93. The summed E-state index contributed by atoms with van der Waals surface area (Å²) < 4.78 is 3.08. The summed E-state index contributed by atoms with van der Waals surface area (Å²) in [4.78, 5) is 21.2. The summed E-state index contributed by atoms with van der Waals surface area (Å²) in [5.74, 6) is 0.336. The van der Waals surface area contributed by atoms with Gasteiger partial charge >= 0.3 is 5.82 Å². The van der Waals surface area contributed by atoms with Gasteiger partial charge in [-0.15, -0.1) is 16.4 Å². The Hall–Kier alpha value is -2.88. The molecule has 116 valence electrons. The minimum absolute atomic E-state index is 0.192. The largest absolute Gasteiger partial charge is 0.389 e. The van der Waals surface area contributed by atoms with Crippen molar-refractivity contribution in [2.75, 3.05) is 0 Å². The third-order valence-electron chi connectivity index (χ3n) is 3.67. The van der Waals surface area contributed by atoms with Crippen LogP contribution in [-0.2, 0) is 6.54 Å². The maximum atomic E-state index is 10.7. The van der Waals surface area contributed by atoms with E-state index in [1.807, 2.05) is 6.92 Å². The normalized spacial score (nSPS) is 11.6. The quantitative estimate of drug-likeness (QED) is 0.421. The van der Waals surface area contributed by atoms with Crippen LogP contribution in [0.25, 0.3) is 15.9 Å². The number of aryl methyl sites for hydroxylation is 2. The second kappa shape index (κ2) is 4.81. The monoisotopic (exact) mass is 329 g/mol. The predicted octanol–water partition coefficient (Wildman–Crippen LogP) is 2.11. The summed E-state index contributed by atoms with van der Waals surface area (Å²) in [7, 11) is 0. The first kappa shape index (κ1) is 13.8. The number of nitro groups is 1. The van der Waals surface area contributed by atoms with E-state index in [9.17, 15) is 10.1 Å². The fraction of sp³-hybridized carbons (Fsp3) is 0.231. The number of thiophene rings is 1. The Morgan fingerprint density at radius 1 is 1.35 bits per heavy atom. The molecule has 4 heterocycles. The van der Waals surface area contributed by atoms with E-state index in [1.54, 1.807) is 22.2 Å². The molecule has 0 amide bonds. The molecule has 0 aliphatic heterocycles. The maximum absolute atomic E-state index is 10.7. The van der Waals surface area contributed by atoms with E-state index in [4.69, 9.17) is 0 Å². The predicted molar refractivity (Wildman–Crippen MR) is 83.6 cm³/mol. The van der Waals surface area contributed by atoms with Crippen LogP contribution >= 0.6 is 11.3 Å². The van der Waals surface area contributed by atoms with Gasteiger partial charge in [0.1, 0.15) is 17.7 Å². The van der Waals surface area contributed by atoms with Crippen LogP contribution in [0.3, 0.4) is 0 Å². The Labute approximate surface area is 133 Å². The molecular weight excluding hydrogens is 318 g/mol. The van der Waals surface area contributed by atoms with Gasteiger partial charge < -0.3 is 10.1 Å². The molecule has 0 aliphatic carbocycles. The second-order valence-corrected chi connectivity index (χ2v) is 6.34. The SMILES string of the molecule is Cc1sc2ncn3nc(Cn4ccc([N+](=O)[O-])n4)nc3c2c1C. The third-order valence-corrected chi connectivity index (χ3v) is 4.78. The van der Waals surface area contributed by atoms with E-state index in [2.05, 4.69) is 27.1 Å². The molecular formula is C13H11N7O2S. The number of fused-ring (bicyclic) bond motifs is 3. The summed E-state index contributed by atoms with van der Waals surface area (Å²) in [6.07, 6.45) is 3.17. The van der Waals surface area contributed by atoms with Gasteiger partial charge in [0.25, 0.3) is 0 Å². The number of aromatic nitrogens is 6. The number of nitrogens with zero attached hydrogens (tertiary/aromatic N) is 7. The van der Waals surface area contributed by atoms with Crippen molar-refractivity contribution in [2.45, 2.75) is 20.4 Å². The highest BCUT2D eigenvalue weighted by molar-refractivity contribution is 7.18. The molecule has 4 rings (SSSR count). The van der Waals surface area contributed by atoms with Crippen LogP contribution in [0.4, 0.5) is 5.82 Å². The molecule has 0 saturated carbocycles. The number of hydrogen-bond acceptors (Lipinski definition) is 7. The molecule has 0 unspecified atom stereocenters. The molecule has 0 fully saturated rings. The van der Waals surface area contributed by atoms with Crippen LogP contribution in [-0.4, -0.2) is 34.3 Å². The van der Waals surface area contributed by atoms with Gasteiger partial charge in [0.05, 0.1) is 22.7 Å². The average Bonchev–Trinajstić information content (AvgIpc) is 3.18. The van der Waals surface area contributed by atoms with E-state index in [0.29, 0.717) is 5.82 Å². The lowest BCUT2D eigenvalue weighted by atomic mass is 10.2. The van der Waals surface area contributed by atoms with E-state index in [0.717, 1.165) is 21.4 Å². The van der Waals surface area contributed by atoms with E-state index >= 15 is 0 Å². The van der Waals surface area contributed by atoms with Crippen molar-refractivity contribution < 1.29 is 4.92 Å². The average molecular weight is 329 g/mol. The molecule has 0 radical (unpaired) electrons. The zero-order valence-electron chi connectivity index (χ0n) is 12.3. The van der Waals surface area contributed by atoms with Gasteiger partial charge in [0.2, 0.25) is 0 Å². The first-order valence-electron chi connectivity index (χ1n) is 6.81. The molecule has 0 saturated heterocycles. The van der Waals surface area contributed by atoms with E-state index in [-0.39, 0.29) is 12.4 Å². The van der Waals surface area contributed by atoms with Crippen molar-refractivity contribution in [3.8, 4) is 0 Å². The molecule has 0 N–H and O–H groups in total. The zero-order chi connectivity index (χ0) is 16.1. The first-order chi connectivity index (χ1) is 11.0. The van der Waals surface area contributed by atoms with E-state index in [1.165, 1.54) is 21.8 Å². The lowest BCUT2D eigenvalue weighted by molar-refractivity contribution is -0.389. The fourth-order valence-corrected chi connectivity index (χ4v) is 3.43. The van der Waals surface area contributed by atoms with Crippen LogP contribution in [0.2, 0.25) is 0 Å². The third kappa shape index (κ3) is 2.14. The molecule has 0 aromatic carbocycles. The van der Waals surface area contributed by atoms with Gasteiger partial charge in [-0.05, 0) is 24.3 Å². The van der Waals surface area contributed by atoms with Crippen molar-refractivity contribution >= 4 is 33.0 Å². The fourth-order valence-electron chi connectivity index (χ4n) is 2.44. The molecule has 4 aromatic rings. The summed E-state index contributed by atoms with van der Waals surface area (Å²) in [5, 5.41) is 19.9. The van der Waals surface area contributed by atoms with Crippen LogP contribution < -0.4 is 0 Å². The first-order valence-corrected chi connectivity index (χ1v) is 7.62. The van der Waals surface area contributed by atoms with Gasteiger partial charge in [-0.2, -0.15) is 4.68 Å². The zero-order valence-corrected chi connectivity index (χ0v) is 13.1. The lowest BCUT2D eigenvalue weighted by Crippen LogP contribution is -2.03. The van der Waals surface area contributed by atoms with Gasteiger partial charge in [-0.1, -0.05) is 0 Å². The summed E-state index contributed by atoms with van der Waals surface area (Å²) >= 11 is 1.63. The minimum atomic E-state index is -0.529.